The molecule has 0 fully saturated rings. The van der Waals surface area contributed by atoms with E-state index >= 15 is 0 Å². The average molecular weight is 449 g/mol. The molecule has 2 heteroatoms. The summed E-state index contributed by atoms with van der Waals surface area (Å²) in [4.78, 5) is 0. The van der Waals surface area contributed by atoms with E-state index < -0.39 is 0 Å². The Hall–Kier alpha value is -2.22. The van der Waals surface area contributed by atoms with Gasteiger partial charge in [0.15, 0.2) is 0 Å². The van der Waals surface area contributed by atoms with E-state index in [0.29, 0.717) is 0 Å². The van der Waals surface area contributed by atoms with Crippen molar-refractivity contribution in [2.24, 2.45) is 0 Å². The van der Waals surface area contributed by atoms with Crippen LogP contribution >= 0.6 is 0 Å². The van der Waals surface area contributed by atoms with Gasteiger partial charge in [-0.2, -0.15) is 0 Å². The second-order valence-corrected chi connectivity index (χ2v) is 9.81. The summed E-state index contributed by atoms with van der Waals surface area (Å²) in [6, 6.07) is 15.3. The molecule has 2 unspecified atom stereocenters. The maximum absolute atomic E-state index is 6.67. The zero-order valence-corrected chi connectivity index (χ0v) is 21.6. The highest BCUT2D eigenvalue weighted by atomic mass is 16.5. The van der Waals surface area contributed by atoms with Crippen molar-refractivity contribution >= 4 is 21.5 Å². The molecule has 0 spiro atoms. The Morgan fingerprint density at radius 1 is 0.606 bits per heavy atom. The first-order valence-corrected chi connectivity index (χ1v) is 13.3. The minimum atomic E-state index is 0.193. The lowest BCUT2D eigenvalue weighted by molar-refractivity contribution is 0.207. The third-order valence-electron chi connectivity index (χ3n) is 6.65. The zero-order valence-electron chi connectivity index (χ0n) is 21.6. The van der Waals surface area contributed by atoms with Crippen molar-refractivity contribution in [1.82, 2.24) is 0 Å². The molecule has 0 heterocycles. The van der Waals surface area contributed by atoms with Crippen molar-refractivity contribution in [1.29, 1.82) is 0 Å². The number of aryl methyl sites for hydroxylation is 1. The van der Waals surface area contributed by atoms with Crippen LogP contribution in [0, 0.1) is 6.92 Å². The first-order chi connectivity index (χ1) is 16.0. The van der Waals surface area contributed by atoms with Gasteiger partial charge in [0.05, 0.1) is 12.2 Å². The fourth-order valence-electron chi connectivity index (χ4n) is 4.70. The molecule has 0 aliphatic heterocycles. The second-order valence-electron chi connectivity index (χ2n) is 9.81. The van der Waals surface area contributed by atoms with Crippen molar-refractivity contribution in [2.45, 2.75) is 111 Å². The number of hydrogen-bond donors (Lipinski definition) is 0. The van der Waals surface area contributed by atoms with Crippen LogP contribution in [0.25, 0.3) is 21.5 Å². The van der Waals surface area contributed by atoms with Gasteiger partial charge in [-0.15, -0.1) is 0 Å². The monoisotopic (exact) mass is 448 g/mol. The van der Waals surface area contributed by atoms with E-state index in [1.165, 1.54) is 62.3 Å². The van der Waals surface area contributed by atoms with E-state index in [2.05, 4.69) is 77.1 Å². The fourth-order valence-corrected chi connectivity index (χ4v) is 4.70. The number of hydrogen-bond acceptors (Lipinski definition) is 2. The molecule has 2 atom stereocenters. The van der Waals surface area contributed by atoms with Crippen LogP contribution in [0.2, 0.25) is 0 Å². The molecule has 0 N–H and O–H groups in total. The second kappa shape index (κ2) is 12.9. The standard InChI is InChI=1S/C31H44O2/c1-6-8-10-12-16-24(4)32-30-26-18-14-15-19-27(26)31(29-22-23(3)20-21-28(29)30)33-25(5)17-13-11-9-7-2/h14-15,18-22,24-25H,6-13,16-17H2,1-5H3. The Morgan fingerprint density at radius 2 is 1.09 bits per heavy atom. The zero-order chi connectivity index (χ0) is 23.6. The normalized spacial score (nSPS) is 13.4. The molecule has 0 saturated heterocycles. The summed E-state index contributed by atoms with van der Waals surface area (Å²) in [5.41, 5.74) is 1.25. The molecule has 0 amide bonds. The van der Waals surface area contributed by atoms with Gasteiger partial charge in [0.1, 0.15) is 11.5 Å². The lowest BCUT2D eigenvalue weighted by Crippen LogP contribution is -2.14. The van der Waals surface area contributed by atoms with Crippen LogP contribution in [-0.4, -0.2) is 12.2 Å². The fraction of sp³-hybridized carbons (Fsp3) is 0.548. The van der Waals surface area contributed by atoms with Crippen molar-refractivity contribution < 1.29 is 9.47 Å². The van der Waals surface area contributed by atoms with Crippen LogP contribution in [0.3, 0.4) is 0 Å². The average Bonchev–Trinajstić information content (AvgIpc) is 2.81. The summed E-state index contributed by atoms with van der Waals surface area (Å²) in [5, 5.41) is 4.64. The van der Waals surface area contributed by atoms with Gasteiger partial charge in [0.2, 0.25) is 0 Å². The molecule has 180 valence electrons. The molecule has 0 aromatic heterocycles. The highest BCUT2D eigenvalue weighted by Crippen LogP contribution is 2.44. The summed E-state index contributed by atoms with van der Waals surface area (Å²) in [6.07, 6.45) is 12.7. The number of fused-ring (bicyclic) bond motifs is 2. The summed E-state index contributed by atoms with van der Waals surface area (Å²) in [7, 11) is 0. The van der Waals surface area contributed by atoms with Gasteiger partial charge >= 0.3 is 0 Å². The summed E-state index contributed by atoms with van der Waals surface area (Å²) < 4.78 is 13.3. The highest BCUT2D eigenvalue weighted by molar-refractivity contribution is 6.11. The molecule has 33 heavy (non-hydrogen) atoms. The van der Waals surface area contributed by atoms with Crippen LogP contribution < -0.4 is 9.47 Å². The van der Waals surface area contributed by atoms with E-state index in [4.69, 9.17) is 9.47 Å². The van der Waals surface area contributed by atoms with Crippen LogP contribution in [0.15, 0.2) is 42.5 Å². The molecule has 0 aliphatic rings. The third kappa shape index (κ3) is 6.88. The molecular weight excluding hydrogens is 404 g/mol. The van der Waals surface area contributed by atoms with Crippen molar-refractivity contribution in [3.8, 4) is 11.5 Å². The lowest BCUT2D eigenvalue weighted by atomic mass is 9.98. The number of benzene rings is 3. The number of ether oxygens (including phenoxy) is 2. The predicted molar refractivity (Wildman–Crippen MR) is 144 cm³/mol. The largest absolute Gasteiger partial charge is 0.489 e. The Kier molecular flexibility index (Phi) is 9.91. The Morgan fingerprint density at radius 3 is 1.61 bits per heavy atom. The summed E-state index contributed by atoms with van der Waals surface area (Å²) >= 11 is 0. The minimum absolute atomic E-state index is 0.193. The third-order valence-corrected chi connectivity index (χ3v) is 6.65. The molecule has 0 radical (unpaired) electrons. The lowest BCUT2D eigenvalue weighted by Gasteiger charge is -2.23. The van der Waals surface area contributed by atoms with Crippen molar-refractivity contribution in [3.63, 3.8) is 0 Å². The Labute approximate surface area is 201 Å². The molecule has 0 saturated carbocycles. The van der Waals surface area contributed by atoms with Crippen molar-refractivity contribution in [2.75, 3.05) is 0 Å². The van der Waals surface area contributed by atoms with Crippen LogP contribution in [0.1, 0.15) is 97.5 Å². The minimum Gasteiger partial charge on any atom is -0.489 e. The topological polar surface area (TPSA) is 18.5 Å². The smallest absolute Gasteiger partial charge is 0.135 e. The maximum atomic E-state index is 6.67. The molecular formula is C31H44O2. The molecule has 3 rings (SSSR count). The maximum Gasteiger partial charge on any atom is 0.135 e. The quantitative estimate of drug-likeness (QED) is 0.180. The van der Waals surface area contributed by atoms with Gasteiger partial charge in [-0.1, -0.05) is 94.3 Å². The first kappa shape index (κ1) is 25.4. The van der Waals surface area contributed by atoms with E-state index in [-0.39, 0.29) is 12.2 Å². The van der Waals surface area contributed by atoms with Crippen LogP contribution in [0.4, 0.5) is 0 Å². The van der Waals surface area contributed by atoms with Gasteiger partial charge in [-0.05, 0) is 52.5 Å². The first-order valence-electron chi connectivity index (χ1n) is 13.3. The van der Waals surface area contributed by atoms with Gasteiger partial charge in [0.25, 0.3) is 0 Å². The van der Waals surface area contributed by atoms with E-state index in [1.54, 1.807) is 0 Å². The Balaban J connectivity index is 1.95. The number of rotatable bonds is 14. The van der Waals surface area contributed by atoms with Gasteiger partial charge < -0.3 is 9.47 Å². The van der Waals surface area contributed by atoms with Gasteiger partial charge in [0, 0.05) is 21.5 Å². The molecule has 3 aromatic carbocycles. The molecule has 0 bridgehead atoms. The van der Waals surface area contributed by atoms with E-state index in [0.717, 1.165) is 40.5 Å². The van der Waals surface area contributed by atoms with Crippen LogP contribution in [0.5, 0.6) is 11.5 Å². The Bertz CT molecular complexity index is 1010. The SMILES string of the molecule is CCCCCCC(C)Oc1c2ccccc2c(OC(C)CCCCCC)c2cc(C)ccc12. The van der Waals surface area contributed by atoms with Gasteiger partial charge in [-0.25, -0.2) is 0 Å². The van der Waals surface area contributed by atoms with Crippen molar-refractivity contribution in [3.05, 3.63) is 48.0 Å². The molecule has 3 aromatic rings. The van der Waals surface area contributed by atoms with Crippen LogP contribution in [-0.2, 0) is 0 Å². The summed E-state index contributed by atoms with van der Waals surface area (Å²) in [5.74, 6) is 2.02. The molecule has 2 nitrogen and oxygen atoms in total. The van der Waals surface area contributed by atoms with E-state index in [9.17, 15) is 0 Å². The molecule has 0 aliphatic carbocycles. The number of unbranched alkanes of at least 4 members (excludes halogenated alkanes) is 6. The summed E-state index contributed by atoms with van der Waals surface area (Å²) in [6.45, 7) is 11.1. The van der Waals surface area contributed by atoms with Gasteiger partial charge in [-0.3, -0.25) is 0 Å². The predicted octanol–water partition coefficient (Wildman–Crippen LogP) is 9.78. The highest BCUT2D eigenvalue weighted by Gasteiger charge is 2.19. The van der Waals surface area contributed by atoms with E-state index in [1.807, 2.05) is 0 Å².